The van der Waals surface area contributed by atoms with E-state index in [9.17, 15) is 13.2 Å². The minimum absolute atomic E-state index is 0.0203. The zero-order valence-corrected chi connectivity index (χ0v) is 15.7. The molecule has 1 aromatic carbocycles. The first-order valence-corrected chi connectivity index (χ1v) is 10.0. The van der Waals surface area contributed by atoms with Crippen LogP contribution in [-0.2, 0) is 14.8 Å². The molecule has 25 heavy (non-hydrogen) atoms. The number of benzene rings is 1. The lowest BCUT2D eigenvalue weighted by atomic mass is 10.2. The number of ether oxygens (including phenoxy) is 2. The van der Waals surface area contributed by atoms with Gasteiger partial charge in [0.15, 0.2) is 11.5 Å². The number of nitrogens with one attached hydrogen (secondary N) is 2. The van der Waals surface area contributed by atoms with Gasteiger partial charge in [-0.3, -0.25) is 4.79 Å². The van der Waals surface area contributed by atoms with Crippen LogP contribution in [0.15, 0.2) is 18.2 Å². The van der Waals surface area contributed by atoms with Crippen molar-refractivity contribution in [1.29, 1.82) is 0 Å². The molecule has 2 rings (SSSR count). The lowest BCUT2D eigenvalue weighted by Gasteiger charge is -2.24. The molecular formula is C17H26N2O5S. The van der Waals surface area contributed by atoms with Gasteiger partial charge in [-0.2, -0.15) is 0 Å². The van der Waals surface area contributed by atoms with Crippen LogP contribution >= 0.6 is 0 Å². The predicted molar refractivity (Wildman–Crippen MR) is 96.6 cm³/mol. The van der Waals surface area contributed by atoms with E-state index in [0.717, 1.165) is 0 Å². The number of hydrogen-bond acceptors (Lipinski definition) is 5. The molecule has 0 aliphatic carbocycles. The molecule has 1 aliphatic heterocycles. The van der Waals surface area contributed by atoms with Crippen molar-refractivity contribution in [2.75, 3.05) is 18.5 Å². The van der Waals surface area contributed by atoms with E-state index in [1.54, 1.807) is 32.0 Å². The summed E-state index contributed by atoms with van der Waals surface area (Å²) in [6.07, 6.45) is 1.52. The molecular weight excluding hydrogens is 344 g/mol. The van der Waals surface area contributed by atoms with Gasteiger partial charge in [-0.15, -0.1) is 0 Å². The van der Waals surface area contributed by atoms with E-state index >= 15 is 0 Å². The summed E-state index contributed by atoms with van der Waals surface area (Å²) in [6, 6.07) is 5.30. The Labute approximate surface area is 149 Å². The largest absolute Gasteiger partial charge is 0.486 e. The molecule has 1 unspecified atom stereocenters. The van der Waals surface area contributed by atoms with E-state index in [0.29, 0.717) is 49.6 Å². The lowest BCUT2D eigenvalue weighted by Crippen LogP contribution is -2.31. The Kier molecular flexibility index (Phi) is 6.66. The number of carbonyl (C=O) groups is 1. The number of rotatable bonds is 8. The molecule has 140 valence electrons. The third-order valence-corrected chi connectivity index (χ3v) is 5.63. The molecule has 0 fully saturated rings. The molecule has 0 bridgehead atoms. The summed E-state index contributed by atoms with van der Waals surface area (Å²) in [6.45, 7) is 6.03. The Bertz CT molecular complexity index is 703. The Morgan fingerprint density at radius 1 is 1.28 bits per heavy atom. The molecule has 0 radical (unpaired) electrons. The van der Waals surface area contributed by atoms with Gasteiger partial charge in [-0.1, -0.05) is 0 Å². The van der Waals surface area contributed by atoms with Crippen LogP contribution in [0, 0.1) is 0 Å². The van der Waals surface area contributed by atoms with Crippen molar-refractivity contribution < 1.29 is 22.7 Å². The van der Waals surface area contributed by atoms with E-state index in [2.05, 4.69) is 10.0 Å². The maximum absolute atomic E-state index is 12.0. The maximum atomic E-state index is 12.0. The minimum atomic E-state index is -3.24. The quantitative estimate of drug-likeness (QED) is 0.685. The highest BCUT2D eigenvalue weighted by Gasteiger charge is 2.18. The van der Waals surface area contributed by atoms with Crippen LogP contribution in [0.4, 0.5) is 5.69 Å². The summed E-state index contributed by atoms with van der Waals surface area (Å²) in [5.41, 5.74) is 0.655. The van der Waals surface area contributed by atoms with Gasteiger partial charge in [0.05, 0.1) is 5.25 Å². The SMILES string of the molecule is CC1COc2ccc(NC(=O)CCCCNS(=O)(=O)C(C)C)cc2O1. The Hall–Kier alpha value is -1.80. The molecule has 0 saturated heterocycles. The van der Waals surface area contributed by atoms with Crippen LogP contribution in [0.25, 0.3) is 0 Å². The number of anilines is 1. The van der Waals surface area contributed by atoms with Gasteiger partial charge < -0.3 is 14.8 Å². The smallest absolute Gasteiger partial charge is 0.224 e. The third-order valence-electron chi connectivity index (χ3n) is 3.78. The number of sulfonamides is 1. The highest BCUT2D eigenvalue weighted by atomic mass is 32.2. The fourth-order valence-corrected chi connectivity index (χ4v) is 3.03. The van der Waals surface area contributed by atoms with Gasteiger partial charge in [-0.05, 0) is 45.7 Å². The van der Waals surface area contributed by atoms with Gasteiger partial charge >= 0.3 is 0 Å². The summed E-state index contributed by atoms with van der Waals surface area (Å²) in [7, 11) is -3.24. The number of hydrogen-bond donors (Lipinski definition) is 2. The Morgan fingerprint density at radius 3 is 2.76 bits per heavy atom. The average Bonchev–Trinajstić information content (AvgIpc) is 2.53. The van der Waals surface area contributed by atoms with E-state index in [1.165, 1.54) is 0 Å². The fraction of sp³-hybridized carbons (Fsp3) is 0.588. The third kappa shape index (κ3) is 5.89. The minimum Gasteiger partial charge on any atom is -0.486 e. The van der Waals surface area contributed by atoms with Crippen molar-refractivity contribution in [2.45, 2.75) is 51.4 Å². The molecule has 1 atom stereocenters. The van der Waals surface area contributed by atoms with Crippen molar-refractivity contribution in [1.82, 2.24) is 4.72 Å². The van der Waals surface area contributed by atoms with Crippen molar-refractivity contribution in [2.24, 2.45) is 0 Å². The average molecular weight is 370 g/mol. The molecule has 0 saturated carbocycles. The normalized spacial score (nSPS) is 16.7. The molecule has 8 heteroatoms. The van der Waals surface area contributed by atoms with E-state index in [1.807, 2.05) is 6.92 Å². The standard InChI is InChI=1S/C17H26N2O5S/c1-12(2)25(21,22)18-9-5-4-6-17(20)19-14-7-8-15-16(10-14)24-13(3)11-23-15/h7-8,10,12-13,18H,4-6,9,11H2,1-3H3,(H,19,20). The number of fused-ring (bicyclic) bond motifs is 1. The second-order valence-electron chi connectivity index (χ2n) is 6.39. The van der Waals surface area contributed by atoms with Crippen LogP contribution in [0.3, 0.4) is 0 Å². The molecule has 1 heterocycles. The van der Waals surface area contributed by atoms with Gasteiger partial charge in [-0.25, -0.2) is 13.1 Å². The van der Waals surface area contributed by atoms with Crippen molar-refractivity contribution in [3.63, 3.8) is 0 Å². The number of unbranched alkanes of at least 4 members (excludes halogenated alkanes) is 1. The first-order valence-electron chi connectivity index (χ1n) is 8.50. The number of amides is 1. The zero-order chi connectivity index (χ0) is 18.4. The van der Waals surface area contributed by atoms with Gasteiger partial charge in [0.1, 0.15) is 12.7 Å². The Morgan fingerprint density at radius 2 is 2.04 bits per heavy atom. The van der Waals surface area contributed by atoms with Crippen LogP contribution in [-0.4, -0.2) is 38.8 Å². The Balaban J connectivity index is 1.73. The molecule has 7 nitrogen and oxygen atoms in total. The second kappa shape index (κ2) is 8.53. The highest BCUT2D eigenvalue weighted by molar-refractivity contribution is 7.90. The summed E-state index contributed by atoms with van der Waals surface area (Å²) in [5, 5.41) is 2.37. The summed E-state index contributed by atoms with van der Waals surface area (Å²) < 4.78 is 36.9. The topological polar surface area (TPSA) is 93.7 Å². The lowest BCUT2D eigenvalue weighted by molar-refractivity contribution is -0.116. The van der Waals surface area contributed by atoms with Crippen LogP contribution < -0.4 is 19.5 Å². The molecule has 1 aromatic rings. The van der Waals surface area contributed by atoms with E-state index in [4.69, 9.17) is 9.47 Å². The molecule has 1 amide bonds. The van der Waals surface area contributed by atoms with E-state index < -0.39 is 15.3 Å². The maximum Gasteiger partial charge on any atom is 0.224 e. The fourth-order valence-electron chi connectivity index (χ4n) is 2.27. The van der Waals surface area contributed by atoms with Gasteiger partial charge in [0, 0.05) is 24.7 Å². The zero-order valence-electron chi connectivity index (χ0n) is 14.9. The van der Waals surface area contributed by atoms with Crippen LogP contribution in [0.1, 0.15) is 40.0 Å². The van der Waals surface area contributed by atoms with Gasteiger partial charge in [0.2, 0.25) is 15.9 Å². The second-order valence-corrected chi connectivity index (χ2v) is 8.72. The number of carbonyl (C=O) groups excluding carboxylic acids is 1. The van der Waals surface area contributed by atoms with E-state index in [-0.39, 0.29) is 12.0 Å². The first kappa shape index (κ1) is 19.5. The van der Waals surface area contributed by atoms with Crippen LogP contribution in [0.5, 0.6) is 11.5 Å². The monoisotopic (exact) mass is 370 g/mol. The molecule has 0 spiro atoms. The van der Waals surface area contributed by atoms with Crippen LogP contribution in [0.2, 0.25) is 0 Å². The summed E-state index contributed by atoms with van der Waals surface area (Å²) in [4.78, 5) is 12.0. The summed E-state index contributed by atoms with van der Waals surface area (Å²) in [5.74, 6) is 1.18. The highest BCUT2D eigenvalue weighted by Crippen LogP contribution is 2.34. The first-order chi connectivity index (χ1) is 11.8. The van der Waals surface area contributed by atoms with Gasteiger partial charge in [0.25, 0.3) is 0 Å². The van der Waals surface area contributed by atoms with Crippen molar-refractivity contribution in [3.05, 3.63) is 18.2 Å². The summed E-state index contributed by atoms with van der Waals surface area (Å²) >= 11 is 0. The molecule has 2 N–H and O–H groups in total. The van der Waals surface area contributed by atoms with Crippen molar-refractivity contribution in [3.8, 4) is 11.5 Å². The predicted octanol–water partition coefficient (Wildman–Crippen LogP) is 2.28. The van der Waals surface area contributed by atoms with Crippen molar-refractivity contribution >= 4 is 21.6 Å². The molecule has 0 aromatic heterocycles. The molecule has 1 aliphatic rings.